The highest BCUT2D eigenvalue weighted by Crippen LogP contribution is 2.24. The topological polar surface area (TPSA) is 26.9 Å². The van der Waals surface area contributed by atoms with Crippen LogP contribution in [0.15, 0.2) is 72.8 Å². The Morgan fingerprint density at radius 3 is 1.85 bits per heavy atom. The summed E-state index contributed by atoms with van der Waals surface area (Å²) >= 11 is 0. The van der Waals surface area contributed by atoms with E-state index in [0.717, 1.165) is 21.4 Å². The Morgan fingerprint density at radius 1 is 0.700 bits per heavy atom. The number of hydrogen-bond donors (Lipinski definition) is 0. The molecule has 0 spiro atoms. The molecule has 1 heterocycles. The van der Waals surface area contributed by atoms with E-state index >= 15 is 0 Å². The molecule has 1 aromatic heterocycles. The molecule has 2 aromatic carbocycles. The van der Waals surface area contributed by atoms with Gasteiger partial charge in [0.05, 0.1) is 0 Å². The molecule has 0 unspecified atom stereocenters. The van der Waals surface area contributed by atoms with Crippen molar-refractivity contribution in [1.29, 1.82) is 0 Å². The maximum atomic E-state index is 12.3. The van der Waals surface area contributed by atoms with Gasteiger partial charge in [0.15, 0.2) is 5.69 Å². The number of benzene rings is 2. The van der Waals surface area contributed by atoms with Crippen LogP contribution in [0.1, 0.15) is 5.69 Å². The maximum absolute atomic E-state index is 12.3. The van der Waals surface area contributed by atoms with E-state index in [9.17, 15) is 5.21 Å². The first-order chi connectivity index (χ1) is 9.75. The third kappa shape index (κ3) is 2.28. The third-order valence-corrected chi connectivity index (χ3v) is 3.37. The van der Waals surface area contributed by atoms with Gasteiger partial charge in [0.2, 0.25) is 5.69 Å². The summed E-state index contributed by atoms with van der Waals surface area (Å²) in [5.41, 5.74) is 4.50. The molecule has 2 heteroatoms. The second kappa shape index (κ2) is 5.17. The Bertz CT molecular complexity index is 721. The van der Waals surface area contributed by atoms with E-state index in [0.29, 0.717) is 11.4 Å². The fourth-order valence-corrected chi connectivity index (χ4v) is 2.33. The van der Waals surface area contributed by atoms with E-state index in [4.69, 9.17) is 0 Å². The summed E-state index contributed by atoms with van der Waals surface area (Å²) in [6, 6.07) is 23.7. The van der Waals surface area contributed by atoms with Gasteiger partial charge in [0.25, 0.3) is 0 Å². The summed E-state index contributed by atoms with van der Waals surface area (Å²) in [5, 5.41) is 12.3. The molecule has 20 heavy (non-hydrogen) atoms. The molecule has 98 valence electrons. The lowest BCUT2D eigenvalue weighted by atomic mass is 10.0. The molecular weight excluding hydrogens is 246 g/mol. The second-order valence-corrected chi connectivity index (χ2v) is 4.80. The average Bonchev–Trinajstić information content (AvgIpc) is 2.51. The van der Waals surface area contributed by atoms with Crippen molar-refractivity contribution in [3.05, 3.63) is 83.7 Å². The van der Waals surface area contributed by atoms with Crippen LogP contribution in [0.5, 0.6) is 0 Å². The van der Waals surface area contributed by atoms with E-state index in [2.05, 4.69) is 12.1 Å². The van der Waals surface area contributed by atoms with E-state index in [1.54, 1.807) is 0 Å². The van der Waals surface area contributed by atoms with Crippen LogP contribution in [0, 0.1) is 12.1 Å². The number of rotatable bonds is 2. The normalized spacial score (nSPS) is 10.4. The summed E-state index contributed by atoms with van der Waals surface area (Å²) < 4.78 is 0.988. The molecule has 0 amide bonds. The summed E-state index contributed by atoms with van der Waals surface area (Å²) in [4.78, 5) is 0. The van der Waals surface area contributed by atoms with Gasteiger partial charge in [-0.15, -0.1) is 0 Å². The molecule has 0 saturated heterocycles. The standard InChI is InChI=1S/C18H15NO/c1-14-12-17(15-8-4-2-5-9-15)13-18(19(14)20)16-10-6-3-7-11-16/h2-13H,1H3. The van der Waals surface area contributed by atoms with Crippen LogP contribution < -0.4 is 4.73 Å². The van der Waals surface area contributed by atoms with Gasteiger partial charge >= 0.3 is 0 Å². The second-order valence-electron chi connectivity index (χ2n) is 4.80. The Morgan fingerprint density at radius 2 is 1.25 bits per heavy atom. The van der Waals surface area contributed by atoms with Crippen molar-refractivity contribution in [3.63, 3.8) is 0 Å². The first-order valence-corrected chi connectivity index (χ1v) is 6.61. The minimum Gasteiger partial charge on any atom is -0.618 e. The monoisotopic (exact) mass is 261 g/mol. The van der Waals surface area contributed by atoms with Crippen molar-refractivity contribution in [2.75, 3.05) is 0 Å². The Hall–Kier alpha value is -2.61. The lowest BCUT2D eigenvalue weighted by Gasteiger charge is -2.10. The fourth-order valence-electron chi connectivity index (χ4n) is 2.33. The van der Waals surface area contributed by atoms with Crippen molar-refractivity contribution in [3.8, 4) is 22.4 Å². The quantitative estimate of drug-likeness (QED) is 0.506. The van der Waals surface area contributed by atoms with E-state index in [1.165, 1.54) is 0 Å². The highest BCUT2D eigenvalue weighted by atomic mass is 16.5. The number of aryl methyl sites for hydroxylation is 1. The van der Waals surface area contributed by atoms with Gasteiger partial charge in [0.1, 0.15) is 0 Å². The zero-order valence-corrected chi connectivity index (χ0v) is 11.3. The Balaban J connectivity index is 2.19. The van der Waals surface area contributed by atoms with Crippen LogP contribution in [0.25, 0.3) is 22.4 Å². The number of nitrogens with zero attached hydrogens (tertiary/aromatic N) is 1. The predicted octanol–water partition coefficient (Wildman–Crippen LogP) is 3.96. The summed E-state index contributed by atoms with van der Waals surface area (Å²) in [5.74, 6) is 0. The Kier molecular flexibility index (Phi) is 3.21. The molecule has 0 radical (unpaired) electrons. The van der Waals surface area contributed by atoms with Crippen LogP contribution in [0.3, 0.4) is 0 Å². The molecule has 0 aliphatic rings. The lowest BCUT2D eigenvalue weighted by Crippen LogP contribution is -2.32. The molecule has 0 bridgehead atoms. The largest absolute Gasteiger partial charge is 0.618 e. The highest BCUT2D eigenvalue weighted by Gasteiger charge is 2.13. The number of pyridine rings is 1. The lowest BCUT2D eigenvalue weighted by molar-refractivity contribution is -0.600. The van der Waals surface area contributed by atoms with Gasteiger partial charge in [-0.1, -0.05) is 48.5 Å². The summed E-state index contributed by atoms with van der Waals surface area (Å²) in [6.07, 6.45) is 0. The van der Waals surface area contributed by atoms with Gasteiger partial charge in [-0.2, -0.15) is 4.73 Å². The van der Waals surface area contributed by atoms with Crippen molar-refractivity contribution in [2.24, 2.45) is 0 Å². The molecule has 0 N–H and O–H groups in total. The molecule has 3 rings (SSSR count). The van der Waals surface area contributed by atoms with Gasteiger partial charge in [-0.25, -0.2) is 0 Å². The van der Waals surface area contributed by atoms with Gasteiger partial charge in [0, 0.05) is 24.6 Å². The van der Waals surface area contributed by atoms with Crippen LogP contribution in [-0.4, -0.2) is 0 Å². The van der Waals surface area contributed by atoms with Crippen molar-refractivity contribution >= 4 is 0 Å². The third-order valence-electron chi connectivity index (χ3n) is 3.37. The molecule has 0 saturated carbocycles. The van der Waals surface area contributed by atoms with Crippen molar-refractivity contribution in [2.45, 2.75) is 6.92 Å². The molecule has 0 aliphatic heterocycles. The van der Waals surface area contributed by atoms with Crippen molar-refractivity contribution < 1.29 is 4.73 Å². The van der Waals surface area contributed by atoms with Crippen LogP contribution >= 0.6 is 0 Å². The molecule has 0 aliphatic carbocycles. The Labute approximate surface area is 118 Å². The molecule has 0 atom stereocenters. The van der Waals surface area contributed by atoms with Crippen LogP contribution in [0.4, 0.5) is 0 Å². The van der Waals surface area contributed by atoms with E-state index < -0.39 is 0 Å². The summed E-state index contributed by atoms with van der Waals surface area (Å²) in [6.45, 7) is 1.84. The minimum absolute atomic E-state index is 0.685. The predicted molar refractivity (Wildman–Crippen MR) is 81.0 cm³/mol. The SMILES string of the molecule is Cc1cc(-c2ccccc2)cc(-c2ccccc2)[n+]1[O-]. The van der Waals surface area contributed by atoms with E-state index in [1.807, 2.05) is 67.6 Å². The van der Waals surface area contributed by atoms with Crippen LogP contribution in [0.2, 0.25) is 0 Å². The molecule has 3 aromatic rings. The molecular formula is C18H15NO. The zero-order chi connectivity index (χ0) is 13.9. The van der Waals surface area contributed by atoms with Gasteiger partial charge in [-0.05, 0) is 23.3 Å². The van der Waals surface area contributed by atoms with Crippen molar-refractivity contribution in [1.82, 2.24) is 0 Å². The number of aromatic nitrogens is 1. The van der Waals surface area contributed by atoms with Gasteiger partial charge in [-0.3, -0.25) is 0 Å². The fraction of sp³-hybridized carbons (Fsp3) is 0.0556. The zero-order valence-electron chi connectivity index (χ0n) is 11.3. The van der Waals surface area contributed by atoms with Gasteiger partial charge < -0.3 is 5.21 Å². The molecule has 0 fully saturated rings. The average molecular weight is 261 g/mol. The first kappa shape index (κ1) is 12.4. The molecule has 2 nitrogen and oxygen atoms in total. The number of hydrogen-bond acceptors (Lipinski definition) is 1. The first-order valence-electron chi connectivity index (χ1n) is 6.61. The highest BCUT2D eigenvalue weighted by molar-refractivity contribution is 5.69. The van der Waals surface area contributed by atoms with E-state index in [-0.39, 0.29) is 0 Å². The smallest absolute Gasteiger partial charge is 0.224 e. The maximum Gasteiger partial charge on any atom is 0.224 e. The van der Waals surface area contributed by atoms with Crippen LogP contribution in [-0.2, 0) is 0 Å². The minimum atomic E-state index is 0.685. The summed E-state index contributed by atoms with van der Waals surface area (Å²) in [7, 11) is 0.